The summed E-state index contributed by atoms with van der Waals surface area (Å²) >= 11 is 0. The Bertz CT molecular complexity index is 356. The van der Waals surface area contributed by atoms with Crippen molar-refractivity contribution in [3.63, 3.8) is 0 Å². The maximum atomic E-state index is 5.72. The number of hydrogen-bond acceptors (Lipinski definition) is 2. The van der Waals surface area contributed by atoms with Gasteiger partial charge >= 0.3 is 0 Å². The highest BCUT2D eigenvalue weighted by Crippen LogP contribution is 2.19. The second kappa shape index (κ2) is 7.55. The van der Waals surface area contributed by atoms with Gasteiger partial charge in [0.2, 0.25) is 0 Å². The molecule has 0 fully saturated rings. The summed E-state index contributed by atoms with van der Waals surface area (Å²) in [7, 11) is 0. The van der Waals surface area contributed by atoms with E-state index in [9.17, 15) is 0 Å². The van der Waals surface area contributed by atoms with Gasteiger partial charge in [0, 0.05) is 6.04 Å². The molecule has 1 rings (SSSR count). The summed E-state index contributed by atoms with van der Waals surface area (Å²) in [4.78, 5) is 0. The number of aryl methyl sites for hydroxylation is 2. The molecule has 1 unspecified atom stereocenters. The molecule has 1 atom stereocenters. The Hall–Kier alpha value is -0.860. The zero-order valence-electron chi connectivity index (χ0n) is 12.3. The summed E-state index contributed by atoms with van der Waals surface area (Å²) in [5, 5.41) is 0. The van der Waals surface area contributed by atoms with Crippen molar-refractivity contribution in [1.29, 1.82) is 0 Å². The quantitative estimate of drug-likeness (QED) is 0.572. The number of nitrogens with one attached hydrogen (secondary N) is 1. The van der Waals surface area contributed by atoms with Crippen LogP contribution in [0.25, 0.3) is 0 Å². The Labute approximate surface area is 112 Å². The number of nitrogens with two attached hydrogens (primary N) is 1. The van der Waals surface area contributed by atoms with Gasteiger partial charge < -0.3 is 0 Å². The van der Waals surface area contributed by atoms with Crippen LogP contribution >= 0.6 is 0 Å². The molecule has 0 heterocycles. The molecule has 0 radical (unpaired) electrons. The minimum absolute atomic E-state index is 0.385. The van der Waals surface area contributed by atoms with Crippen molar-refractivity contribution in [2.24, 2.45) is 11.8 Å². The topological polar surface area (TPSA) is 38.0 Å². The van der Waals surface area contributed by atoms with E-state index in [0.29, 0.717) is 6.04 Å². The van der Waals surface area contributed by atoms with Crippen LogP contribution in [0.1, 0.15) is 49.8 Å². The van der Waals surface area contributed by atoms with Gasteiger partial charge in [0.05, 0.1) is 0 Å². The van der Waals surface area contributed by atoms with Crippen LogP contribution in [0.15, 0.2) is 18.2 Å². The molecule has 0 saturated heterocycles. The minimum Gasteiger partial charge on any atom is -0.271 e. The van der Waals surface area contributed by atoms with Crippen LogP contribution in [0.2, 0.25) is 0 Å². The molecular formula is C16H28N2. The largest absolute Gasteiger partial charge is 0.271 e. The van der Waals surface area contributed by atoms with Gasteiger partial charge in [-0.2, -0.15) is 0 Å². The van der Waals surface area contributed by atoms with Crippen LogP contribution in [-0.4, -0.2) is 6.04 Å². The molecule has 0 aliphatic carbocycles. The van der Waals surface area contributed by atoms with E-state index >= 15 is 0 Å². The van der Waals surface area contributed by atoms with E-state index in [0.717, 1.165) is 18.8 Å². The lowest BCUT2D eigenvalue weighted by atomic mass is 9.90. The third-order valence-electron chi connectivity index (χ3n) is 3.98. The summed E-state index contributed by atoms with van der Waals surface area (Å²) < 4.78 is 0. The van der Waals surface area contributed by atoms with Crippen LogP contribution in [0.5, 0.6) is 0 Å². The third-order valence-corrected chi connectivity index (χ3v) is 3.98. The average molecular weight is 248 g/mol. The first-order valence-electron chi connectivity index (χ1n) is 7.12. The van der Waals surface area contributed by atoms with Crippen molar-refractivity contribution >= 4 is 0 Å². The first kappa shape index (κ1) is 15.2. The first-order valence-corrected chi connectivity index (χ1v) is 7.12. The highest BCUT2D eigenvalue weighted by molar-refractivity contribution is 5.31. The van der Waals surface area contributed by atoms with Crippen LogP contribution in [0, 0.1) is 19.8 Å². The maximum absolute atomic E-state index is 5.72. The third kappa shape index (κ3) is 4.43. The maximum Gasteiger partial charge on any atom is 0.0253 e. The van der Waals surface area contributed by atoms with Crippen molar-refractivity contribution in [3.8, 4) is 0 Å². The molecule has 0 aliphatic rings. The van der Waals surface area contributed by atoms with Crippen LogP contribution in [-0.2, 0) is 6.42 Å². The van der Waals surface area contributed by atoms with Crippen molar-refractivity contribution in [2.75, 3.05) is 0 Å². The fraction of sp³-hybridized carbons (Fsp3) is 0.625. The molecule has 0 aromatic heterocycles. The van der Waals surface area contributed by atoms with Gasteiger partial charge in [0.1, 0.15) is 0 Å². The van der Waals surface area contributed by atoms with E-state index in [1.165, 1.54) is 29.5 Å². The van der Waals surface area contributed by atoms with E-state index in [1.807, 2.05) is 0 Å². The van der Waals surface area contributed by atoms with Crippen LogP contribution in [0.3, 0.4) is 0 Å². The minimum atomic E-state index is 0.385. The Morgan fingerprint density at radius 1 is 1.17 bits per heavy atom. The molecule has 2 heteroatoms. The van der Waals surface area contributed by atoms with Gasteiger partial charge in [-0.3, -0.25) is 11.3 Å². The van der Waals surface area contributed by atoms with Gasteiger partial charge in [0.15, 0.2) is 0 Å². The molecule has 0 saturated carbocycles. The van der Waals surface area contributed by atoms with E-state index < -0.39 is 0 Å². The number of hydrazine groups is 1. The standard InChI is InChI=1S/C16H28N2/c1-5-14(6-2)10-16(18-17)11-15-9-12(3)7-8-13(15)4/h7-9,14,16,18H,5-6,10-11,17H2,1-4H3. The Morgan fingerprint density at radius 3 is 2.39 bits per heavy atom. The summed E-state index contributed by atoms with van der Waals surface area (Å²) in [5.74, 6) is 6.49. The molecule has 1 aromatic carbocycles. The summed E-state index contributed by atoms with van der Waals surface area (Å²) in [6, 6.07) is 7.04. The second-order valence-electron chi connectivity index (χ2n) is 5.42. The molecule has 2 nitrogen and oxygen atoms in total. The van der Waals surface area contributed by atoms with Crippen molar-refractivity contribution in [1.82, 2.24) is 5.43 Å². The zero-order valence-corrected chi connectivity index (χ0v) is 12.3. The summed E-state index contributed by atoms with van der Waals surface area (Å²) in [6.45, 7) is 8.85. The summed E-state index contributed by atoms with van der Waals surface area (Å²) in [6.07, 6.45) is 4.67. The zero-order chi connectivity index (χ0) is 13.5. The van der Waals surface area contributed by atoms with Gasteiger partial charge in [0.25, 0.3) is 0 Å². The van der Waals surface area contributed by atoms with Crippen molar-refractivity contribution in [3.05, 3.63) is 34.9 Å². The molecular weight excluding hydrogens is 220 g/mol. The SMILES string of the molecule is CCC(CC)CC(Cc1cc(C)ccc1C)NN. The van der Waals surface area contributed by atoms with Gasteiger partial charge in [-0.1, -0.05) is 50.5 Å². The molecule has 1 aromatic rings. The summed E-state index contributed by atoms with van der Waals surface area (Å²) in [5.41, 5.74) is 7.11. The predicted molar refractivity (Wildman–Crippen MR) is 79.4 cm³/mol. The Morgan fingerprint density at radius 2 is 1.83 bits per heavy atom. The lowest BCUT2D eigenvalue weighted by Crippen LogP contribution is -2.38. The van der Waals surface area contributed by atoms with Crippen molar-refractivity contribution < 1.29 is 0 Å². The highest BCUT2D eigenvalue weighted by Gasteiger charge is 2.14. The first-order chi connectivity index (χ1) is 8.60. The Kier molecular flexibility index (Phi) is 6.37. The van der Waals surface area contributed by atoms with Crippen LogP contribution < -0.4 is 11.3 Å². The Balaban J connectivity index is 2.70. The predicted octanol–water partition coefficient (Wildman–Crippen LogP) is 3.50. The number of benzene rings is 1. The molecule has 3 N–H and O–H groups in total. The smallest absolute Gasteiger partial charge is 0.0253 e. The molecule has 18 heavy (non-hydrogen) atoms. The molecule has 0 bridgehead atoms. The molecule has 102 valence electrons. The molecule has 0 amide bonds. The lowest BCUT2D eigenvalue weighted by molar-refractivity contribution is 0.366. The van der Waals surface area contributed by atoms with Gasteiger partial charge in [-0.05, 0) is 43.7 Å². The fourth-order valence-corrected chi connectivity index (χ4v) is 2.52. The molecule has 0 spiro atoms. The van der Waals surface area contributed by atoms with E-state index in [4.69, 9.17) is 5.84 Å². The van der Waals surface area contributed by atoms with Crippen LogP contribution in [0.4, 0.5) is 0 Å². The highest BCUT2D eigenvalue weighted by atomic mass is 15.2. The normalized spacial score (nSPS) is 13.0. The monoisotopic (exact) mass is 248 g/mol. The fourth-order valence-electron chi connectivity index (χ4n) is 2.52. The van der Waals surface area contributed by atoms with E-state index in [1.54, 1.807) is 0 Å². The van der Waals surface area contributed by atoms with Gasteiger partial charge in [-0.15, -0.1) is 0 Å². The van der Waals surface area contributed by atoms with Gasteiger partial charge in [-0.25, -0.2) is 0 Å². The number of hydrogen-bond donors (Lipinski definition) is 2. The lowest BCUT2D eigenvalue weighted by Gasteiger charge is -2.22. The second-order valence-corrected chi connectivity index (χ2v) is 5.42. The van der Waals surface area contributed by atoms with E-state index in [2.05, 4.69) is 51.3 Å². The van der Waals surface area contributed by atoms with Crippen molar-refractivity contribution in [2.45, 2.75) is 59.4 Å². The number of rotatable bonds is 7. The average Bonchev–Trinajstić information content (AvgIpc) is 2.38. The van der Waals surface area contributed by atoms with E-state index in [-0.39, 0.29) is 0 Å². The molecule has 0 aliphatic heterocycles.